The summed E-state index contributed by atoms with van der Waals surface area (Å²) in [6.07, 6.45) is 9.17. The number of allylic oxidation sites excluding steroid dienone is 4. The van der Waals surface area contributed by atoms with Crippen LogP contribution in [0.3, 0.4) is 0 Å². The third-order valence-electron chi connectivity index (χ3n) is 4.27. The lowest BCUT2D eigenvalue weighted by Gasteiger charge is -2.30. The van der Waals surface area contributed by atoms with E-state index >= 15 is 0 Å². The van der Waals surface area contributed by atoms with Crippen molar-refractivity contribution in [2.24, 2.45) is 5.92 Å². The lowest BCUT2D eigenvalue weighted by Crippen LogP contribution is -2.36. The lowest BCUT2D eigenvalue weighted by molar-refractivity contribution is 0.223. The highest BCUT2D eigenvalue weighted by molar-refractivity contribution is 5.50. The fourth-order valence-electron chi connectivity index (χ4n) is 3.43. The molecule has 1 heterocycles. The molecular formula is C15H20FN. The zero-order chi connectivity index (χ0) is 12.0. The summed E-state index contributed by atoms with van der Waals surface area (Å²) >= 11 is 0. The highest BCUT2D eigenvalue weighted by Gasteiger charge is 2.41. The molecule has 17 heavy (non-hydrogen) atoms. The zero-order valence-electron chi connectivity index (χ0n) is 10.6. The van der Waals surface area contributed by atoms with Gasteiger partial charge in [0.05, 0.1) is 0 Å². The summed E-state index contributed by atoms with van der Waals surface area (Å²) in [5, 5.41) is 0. The molecular weight excluding hydrogens is 213 g/mol. The van der Waals surface area contributed by atoms with Crippen molar-refractivity contribution in [1.29, 1.82) is 0 Å². The second kappa shape index (κ2) is 4.09. The van der Waals surface area contributed by atoms with Crippen molar-refractivity contribution in [2.75, 3.05) is 6.54 Å². The SMILES string of the molecule is CC(C)N1CC2CC1C=C2C1=CCCC=C1F. The van der Waals surface area contributed by atoms with Gasteiger partial charge in [0, 0.05) is 24.2 Å². The van der Waals surface area contributed by atoms with Crippen molar-refractivity contribution >= 4 is 0 Å². The highest BCUT2D eigenvalue weighted by atomic mass is 19.1. The van der Waals surface area contributed by atoms with Gasteiger partial charge >= 0.3 is 0 Å². The van der Waals surface area contributed by atoms with E-state index in [1.165, 1.54) is 12.0 Å². The Morgan fingerprint density at radius 3 is 2.65 bits per heavy atom. The van der Waals surface area contributed by atoms with E-state index in [-0.39, 0.29) is 5.83 Å². The Hall–Kier alpha value is -0.890. The van der Waals surface area contributed by atoms with Gasteiger partial charge in [-0.1, -0.05) is 12.2 Å². The normalized spacial score (nSPS) is 32.8. The van der Waals surface area contributed by atoms with E-state index in [1.807, 2.05) is 0 Å². The molecule has 2 heteroatoms. The van der Waals surface area contributed by atoms with Gasteiger partial charge in [0.1, 0.15) is 5.83 Å². The Labute approximate surface area is 103 Å². The summed E-state index contributed by atoms with van der Waals surface area (Å²) in [5.74, 6) is 0.567. The molecule has 2 aliphatic carbocycles. The van der Waals surface area contributed by atoms with Crippen LogP contribution < -0.4 is 0 Å². The van der Waals surface area contributed by atoms with Gasteiger partial charge in [0.15, 0.2) is 0 Å². The second-order valence-electron chi connectivity index (χ2n) is 5.66. The van der Waals surface area contributed by atoms with Crippen LogP contribution in [0.2, 0.25) is 0 Å². The lowest BCUT2D eigenvalue weighted by atomic mass is 9.91. The summed E-state index contributed by atoms with van der Waals surface area (Å²) in [5.41, 5.74) is 2.17. The van der Waals surface area contributed by atoms with E-state index in [2.05, 4.69) is 30.9 Å². The van der Waals surface area contributed by atoms with Gasteiger partial charge in [-0.3, -0.25) is 4.90 Å². The molecule has 2 bridgehead atoms. The van der Waals surface area contributed by atoms with Gasteiger partial charge < -0.3 is 0 Å². The largest absolute Gasteiger partial charge is 0.294 e. The maximum Gasteiger partial charge on any atom is 0.126 e. The molecule has 3 rings (SSSR count). The minimum absolute atomic E-state index is 0.00569. The molecule has 0 aromatic rings. The molecule has 0 amide bonds. The first kappa shape index (κ1) is 11.2. The van der Waals surface area contributed by atoms with Crippen LogP contribution in [0.5, 0.6) is 0 Å². The maximum absolute atomic E-state index is 13.8. The highest BCUT2D eigenvalue weighted by Crippen LogP contribution is 2.44. The number of hydrogen-bond acceptors (Lipinski definition) is 1. The Morgan fingerprint density at radius 2 is 2.06 bits per heavy atom. The summed E-state index contributed by atoms with van der Waals surface area (Å²) in [6, 6.07) is 1.15. The maximum atomic E-state index is 13.8. The van der Waals surface area contributed by atoms with Gasteiger partial charge in [0.2, 0.25) is 0 Å². The van der Waals surface area contributed by atoms with Crippen LogP contribution in [0.15, 0.2) is 35.2 Å². The quantitative estimate of drug-likeness (QED) is 0.704. The molecule has 1 nitrogen and oxygen atoms in total. The van der Waals surface area contributed by atoms with Crippen molar-refractivity contribution in [3.05, 3.63) is 35.2 Å². The van der Waals surface area contributed by atoms with E-state index in [0.29, 0.717) is 18.0 Å². The predicted molar refractivity (Wildman–Crippen MR) is 68.3 cm³/mol. The first-order valence-electron chi connectivity index (χ1n) is 6.71. The zero-order valence-corrected chi connectivity index (χ0v) is 10.6. The van der Waals surface area contributed by atoms with Crippen molar-refractivity contribution < 1.29 is 4.39 Å². The van der Waals surface area contributed by atoms with E-state index < -0.39 is 0 Å². The Bertz CT molecular complexity index is 417. The van der Waals surface area contributed by atoms with E-state index in [9.17, 15) is 4.39 Å². The number of fused-ring (bicyclic) bond motifs is 2. The standard InChI is InChI=1S/C15H20FN/c1-10(2)17-9-11-7-12(17)8-14(11)13-5-3-4-6-15(13)16/h5-6,8,10-12H,3-4,7,9H2,1-2H3. The summed E-state index contributed by atoms with van der Waals surface area (Å²) < 4.78 is 13.8. The summed E-state index contributed by atoms with van der Waals surface area (Å²) in [6.45, 7) is 5.60. The molecule has 0 aromatic carbocycles. The van der Waals surface area contributed by atoms with Gasteiger partial charge in [-0.2, -0.15) is 0 Å². The second-order valence-corrected chi connectivity index (χ2v) is 5.66. The first-order valence-corrected chi connectivity index (χ1v) is 6.71. The summed E-state index contributed by atoms with van der Waals surface area (Å²) in [7, 11) is 0. The van der Waals surface area contributed by atoms with Gasteiger partial charge in [-0.05, 0) is 50.7 Å². The van der Waals surface area contributed by atoms with Gasteiger partial charge in [-0.15, -0.1) is 0 Å². The van der Waals surface area contributed by atoms with Crippen LogP contribution in [-0.2, 0) is 0 Å². The topological polar surface area (TPSA) is 3.24 Å². The Kier molecular flexibility index (Phi) is 2.70. The van der Waals surface area contributed by atoms with Crippen LogP contribution in [0.1, 0.15) is 33.1 Å². The molecule has 0 N–H and O–H groups in total. The Balaban J connectivity index is 1.84. The molecule has 0 spiro atoms. The third-order valence-corrected chi connectivity index (χ3v) is 4.27. The molecule has 1 fully saturated rings. The third kappa shape index (κ3) is 1.79. The fraction of sp³-hybridized carbons (Fsp3) is 0.600. The minimum Gasteiger partial charge on any atom is -0.294 e. The van der Waals surface area contributed by atoms with Gasteiger partial charge in [-0.25, -0.2) is 4.39 Å². The van der Waals surface area contributed by atoms with Crippen molar-refractivity contribution in [1.82, 2.24) is 4.90 Å². The van der Waals surface area contributed by atoms with E-state index in [0.717, 1.165) is 25.0 Å². The predicted octanol–water partition coefficient (Wildman–Crippen LogP) is 3.60. The molecule has 2 atom stereocenters. The number of rotatable bonds is 2. The molecule has 3 aliphatic rings. The molecule has 1 saturated heterocycles. The molecule has 0 radical (unpaired) electrons. The molecule has 2 unspecified atom stereocenters. The molecule has 92 valence electrons. The summed E-state index contributed by atoms with van der Waals surface area (Å²) in [4.78, 5) is 2.53. The van der Waals surface area contributed by atoms with E-state index in [1.54, 1.807) is 6.08 Å². The van der Waals surface area contributed by atoms with Crippen molar-refractivity contribution in [3.63, 3.8) is 0 Å². The van der Waals surface area contributed by atoms with Crippen LogP contribution in [-0.4, -0.2) is 23.5 Å². The molecule has 0 saturated carbocycles. The average Bonchev–Trinajstić information content (AvgIpc) is 2.88. The van der Waals surface area contributed by atoms with Crippen molar-refractivity contribution in [3.8, 4) is 0 Å². The average molecular weight is 233 g/mol. The number of likely N-dealkylation sites (tertiary alicyclic amines) is 1. The first-order chi connectivity index (χ1) is 8.16. The number of nitrogens with zero attached hydrogens (tertiary/aromatic N) is 1. The molecule has 1 aliphatic heterocycles. The number of halogens is 1. The van der Waals surface area contributed by atoms with Crippen molar-refractivity contribution in [2.45, 2.75) is 45.2 Å². The van der Waals surface area contributed by atoms with Crippen LogP contribution in [0.25, 0.3) is 0 Å². The number of hydrogen-bond donors (Lipinski definition) is 0. The fourth-order valence-corrected chi connectivity index (χ4v) is 3.43. The van der Waals surface area contributed by atoms with Crippen LogP contribution in [0, 0.1) is 5.92 Å². The Morgan fingerprint density at radius 1 is 1.29 bits per heavy atom. The van der Waals surface area contributed by atoms with E-state index in [4.69, 9.17) is 0 Å². The van der Waals surface area contributed by atoms with Crippen LogP contribution in [0.4, 0.5) is 4.39 Å². The minimum atomic E-state index is 0.00569. The molecule has 0 aromatic heterocycles. The monoisotopic (exact) mass is 233 g/mol. The smallest absolute Gasteiger partial charge is 0.126 e. The van der Waals surface area contributed by atoms with Crippen LogP contribution >= 0.6 is 0 Å². The van der Waals surface area contributed by atoms with Gasteiger partial charge in [0.25, 0.3) is 0 Å².